The Labute approximate surface area is 119 Å². The van der Waals surface area contributed by atoms with Gasteiger partial charge in [-0.15, -0.1) is 11.8 Å². The highest BCUT2D eigenvalue weighted by Crippen LogP contribution is 2.22. The van der Waals surface area contributed by atoms with E-state index in [4.69, 9.17) is 9.47 Å². The smallest absolute Gasteiger partial charge is 0.0905 e. The van der Waals surface area contributed by atoms with Crippen LogP contribution >= 0.6 is 23.1 Å². The lowest BCUT2D eigenvalue weighted by Crippen LogP contribution is -2.27. The fourth-order valence-corrected chi connectivity index (χ4v) is 3.18. The summed E-state index contributed by atoms with van der Waals surface area (Å²) in [7, 11) is 0. The molecule has 2 unspecified atom stereocenters. The lowest BCUT2D eigenvalue weighted by molar-refractivity contribution is -0.0515. The van der Waals surface area contributed by atoms with Gasteiger partial charge in [0, 0.05) is 16.0 Å². The van der Waals surface area contributed by atoms with Crippen LogP contribution in [0.5, 0.6) is 0 Å². The lowest BCUT2D eigenvalue weighted by Gasteiger charge is -2.22. The Kier molecular flexibility index (Phi) is 7.98. The zero-order valence-corrected chi connectivity index (χ0v) is 13.4. The Morgan fingerprint density at radius 3 is 2.67 bits per heavy atom. The second-order valence-electron chi connectivity index (χ2n) is 4.63. The molecule has 2 nitrogen and oxygen atoms in total. The van der Waals surface area contributed by atoms with Gasteiger partial charge in [-0.25, -0.2) is 0 Å². The highest BCUT2D eigenvalue weighted by Gasteiger charge is 2.14. The molecule has 1 aromatic heterocycles. The molecular weight excluding hydrogens is 264 g/mol. The van der Waals surface area contributed by atoms with Crippen LogP contribution in [0.3, 0.4) is 0 Å². The van der Waals surface area contributed by atoms with Crippen molar-refractivity contribution in [2.45, 2.75) is 57.3 Å². The lowest BCUT2D eigenvalue weighted by atomic mass is 10.3. The molecule has 2 atom stereocenters. The molecule has 0 radical (unpaired) electrons. The van der Waals surface area contributed by atoms with Gasteiger partial charge in [-0.1, -0.05) is 6.92 Å². The first-order valence-corrected chi connectivity index (χ1v) is 8.46. The van der Waals surface area contributed by atoms with Gasteiger partial charge in [-0.3, -0.25) is 0 Å². The van der Waals surface area contributed by atoms with E-state index < -0.39 is 0 Å². The number of thioether (sulfide) groups is 1. The molecular formula is C14H24O2S2. The zero-order valence-electron chi connectivity index (χ0n) is 11.7. The van der Waals surface area contributed by atoms with Gasteiger partial charge in [0.1, 0.15) is 0 Å². The van der Waals surface area contributed by atoms with Gasteiger partial charge in [0.2, 0.25) is 0 Å². The molecule has 1 rings (SSSR count). The van der Waals surface area contributed by atoms with Gasteiger partial charge in [-0.2, -0.15) is 11.3 Å². The van der Waals surface area contributed by atoms with E-state index in [1.165, 1.54) is 4.90 Å². The summed E-state index contributed by atoms with van der Waals surface area (Å²) in [6.45, 7) is 9.09. The van der Waals surface area contributed by atoms with E-state index in [1.54, 1.807) is 11.3 Å². The monoisotopic (exact) mass is 288 g/mol. The standard InChI is InChI=1S/C14H24O2S2/c1-5-12(4)15-8-13(16-11(2)3)9-18-14-6-7-17-10-14/h6-7,10-13H,5,8-9H2,1-4H3. The fraction of sp³-hybridized carbons (Fsp3) is 0.714. The largest absolute Gasteiger partial charge is 0.376 e. The number of ether oxygens (including phenoxy) is 2. The third kappa shape index (κ3) is 6.78. The van der Waals surface area contributed by atoms with Crippen LogP contribution in [0.25, 0.3) is 0 Å². The Hall–Kier alpha value is -0.0300. The second kappa shape index (κ2) is 8.97. The number of hydrogen-bond acceptors (Lipinski definition) is 4. The fourth-order valence-electron chi connectivity index (χ4n) is 1.42. The average molecular weight is 288 g/mol. The van der Waals surface area contributed by atoms with Gasteiger partial charge in [0.15, 0.2) is 0 Å². The van der Waals surface area contributed by atoms with Crippen LogP contribution in [0.1, 0.15) is 34.1 Å². The SMILES string of the molecule is CCC(C)OCC(CSc1ccsc1)OC(C)C. The predicted molar refractivity (Wildman–Crippen MR) is 80.8 cm³/mol. The molecule has 0 aliphatic carbocycles. The van der Waals surface area contributed by atoms with Crippen molar-refractivity contribution >= 4 is 23.1 Å². The molecule has 104 valence electrons. The summed E-state index contributed by atoms with van der Waals surface area (Å²) in [5, 5.41) is 4.28. The minimum Gasteiger partial charge on any atom is -0.376 e. The molecule has 0 N–H and O–H groups in total. The third-order valence-electron chi connectivity index (χ3n) is 2.54. The molecule has 0 amide bonds. The summed E-state index contributed by atoms with van der Waals surface area (Å²) in [6.07, 6.45) is 1.78. The first kappa shape index (κ1) is 16.0. The molecule has 1 heterocycles. The van der Waals surface area contributed by atoms with Gasteiger partial charge in [0.05, 0.1) is 24.9 Å². The molecule has 4 heteroatoms. The van der Waals surface area contributed by atoms with Crippen molar-refractivity contribution in [2.24, 2.45) is 0 Å². The molecule has 18 heavy (non-hydrogen) atoms. The van der Waals surface area contributed by atoms with Crippen molar-refractivity contribution in [2.75, 3.05) is 12.4 Å². The predicted octanol–water partition coefficient (Wildman–Crippen LogP) is 4.45. The van der Waals surface area contributed by atoms with Crippen LogP contribution in [0.4, 0.5) is 0 Å². The Bertz CT molecular complexity index is 299. The van der Waals surface area contributed by atoms with Gasteiger partial charge in [-0.05, 0) is 38.6 Å². The normalized spacial score (nSPS) is 14.9. The number of hydrogen-bond donors (Lipinski definition) is 0. The maximum Gasteiger partial charge on any atom is 0.0905 e. The van der Waals surface area contributed by atoms with E-state index in [-0.39, 0.29) is 12.2 Å². The molecule has 0 spiro atoms. The maximum atomic E-state index is 5.90. The summed E-state index contributed by atoms with van der Waals surface area (Å²) < 4.78 is 11.7. The van der Waals surface area contributed by atoms with Crippen molar-refractivity contribution in [3.05, 3.63) is 16.8 Å². The van der Waals surface area contributed by atoms with E-state index in [0.717, 1.165) is 12.2 Å². The van der Waals surface area contributed by atoms with Crippen LogP contribution < -0.4 is 0 Å². The van der Waals surface area contributed by atoms with E-state index in [9.17, 15) is 0 Å². The Morgan fingerprint density at radius 1 is 1.33 bits per heavy atom. The van der Waals surface area contributed by atoms with Gasteiger partial charge >= 0.3 is 0 Å². The van der Waals surface area contributed by atoms with Crippen LogP contribution in [0, 0.1) is 0 Å². The molecule has 0 saturated heterocycles. The van der Waals surface area contributed by atoms with Gasteiger partial charge < -0.3 is 9.47 Å². The molecule has 0 saturated carbocycles. The Morgan fingerprint density at radius 2 is 2.11 bits per heavy atom. The van der Waals surface area contributed by atoms with E-state index in [0.29, 0.717) is 12.7 Å². The van der Waals surface area contributed by atoms with Crippen LogP contribution in [-0.2, 0) is 9.47 Å². The zero-order chi connectivity index (χ0) is 13.4. The van der Waals surface area contributed by atoms with Crippen molar-refractivity contribution in [1.82, 2.24) is 0 Å². The van der Waals surface area contributed by atoms with Crippen molar-refractivity contribution in [1.29, 1.82) is 0 Å². The van der Waals surface area contributed by atoms with Crippen molar-refractivity contribution < 1.29 is 9.47 Å². The Balaban J connectivity index is 2.34. The minimum atomic E-state index is 0.170. The van der Waals surface area contributed by atoms with Crippen molar-refractivity contribution in [3.8, 4) is 0 Å². The number of thiophene rings is 1. The minimum absolute atomic E-state index is 0.170. The topological polar surface area (TPSA) is 18.5 Å². The second-order valence-corrected chi connectivity index (χ2v) is 6.50. The summed E-state index contributed by atoms with van der Waals surface area (Å²) in [4.78, 5) is 1.32. The van der Waals surface area contributed by atoms with Crippen LogP contribution in [0.2, 0.25) is 0 Å². The molecule has 0 bridgehead atoms. The molecule has 0 aromatic carbocycles. The van der Waals surface area contributed by atoms with Gasteiger partial charge in [0.25, 0.3) is 0 Å². The van der Waals surface area contributed by atoms with E-state index in [1.807, 2.05) is 11.8 Å². The molecule has 1 aromatic rings. The first-order valence-electron chi connectivity index (χ1n) is 6.53. The summed E-state index contributed by atoms with van der Waals surface area (Å²) in [5.74, 6) is 0.950. The average Bonchev–Trinajstić information content (AvgIpc) is 2.84. The highest BCUT2D eigenvalue weighted by molar-refractivity contribution is 7.99. The highest BCUT2D eigenvalue weighted by atomic mass is 32.2. The molecule has 0 fully saturated rings. The first-order chi connectivity index (χ1) is 8.61. The van der Waals surface area contributed by atoms with E-state index in [2.05, 4.69) is 44.5 Å². The molecule has 0 aliphatic rings. The third-order valence-corrected chi connectivity index (χ3v) is 4.50. The van der Waals surface area contributed by atoms with E-state index >= 15 is 0 Å². The summed E-state index contributed by atoms with van der Waals surface area (Å²) >= 11 is 3.58. The quantitative estimate of drug-likeness (QED) is 0.626. The maximum absolute atomic E-state index is 5.90. The number of rotatable bonds is 9. The molecule has 0 aliphatic heterocycles. The van der Waals surface area contributed by atoms with Crippen LogP contribution in [-0.4, -0.2) is 30.7 Å². The van der Waals surface area contributed by atoms with Crippen molar-refractivity contribution in [3.63, 3.8) is 0 Å². The summed E-state index contributed by atoms with van der Waals surface area (Å²) in [5.41, 5.74) is 0. The summed E-state index contributed by atoms with van der Waals surface area (Å²) in [6, 6.07) is 2.15. The van der Waals surface area contributed by atoms with Crippen LogP contribution in [0.15, 0.2) is 21.7 Å².